The van der Waals surface area contributed by atoms with E-state index in [2.05, 4.69) is 36.0 Å². The number of nitrogens with zero attached hydrogens (tertiary/aromatic N) is 6. The van der Waals surface area contributed by atoms with Gasteiger partial charge in [-0.05, 0) is 84.9 Å². The summed E-state index contributed by atoms with van der Waals surface area (Å²) in [5.74, 6) is -0.173. The molecule has 5 aromatic rings. The van der Waals surface area contributed by atoms with E-state index < -0.39 is 5.91 Å². The third kappa shape index (κ3) is 8.28. The van der Waals surface area contributed by atoms with Crippen LogP contribution in [0.15, 0.2) is 158 Å². The Kier molecular flexibility index (Phi) is 9.94. The zero-order chi connectivity index (χ0) is 30.7. The maximum Gasteiger partial charge on any atom is 0.271 e. The Balaban J connectivity index is 1.36. The molecule has 0 saturated heterocycles. The zero-order valence-electron chi connectivity index (χ0n) is 22.9. The SMILES string of the molecule is O=C(N/N=C(\N=Nc1ccc(Cl)cc1)c1ccccc1O)c1ccc(N=C(N=Nc2ccc(Cl)cc2)c2ccccc2)cc1. The first-order valence-corrected chi connectivity index (χ1v) is 14.0. The van der Waals surface area contributed by atoms with Gasteiger partial charge in [0.25, 0.3) is 5.91 Å². The van der Waals surface area contributed by atoms with E-state index in [-0.39, 0.29) is 17.1 Å². The van der Waals surface area contributed by atoms with Crippen LogP contribution in [0.3, 0.4) is 0 Å². The molecule has 2 N–H and O–H groups in total. The molecule has 0 saturated carbocycles. The van der Waals surface area contributed by atoms with Crippen molar-refractivity contribution in [1.82, 2.24) is 5.43 Å². The van der Waals surface area contributed by atoms with Crippen LogP contribution in [0.2, 0.25) is 10.0 Å². The van der Waals surface area contributed by atoms with Gasteiger partial charge < -0.3 is 5.11 Å². The lowest BCUT2D eigenvalue weighted by Crippen LogP contribution is -2.19. The average molecular weight is 621 g/mol. The van der Waals surface area contributed by atoms with Gasteiger partial charge in [-0.2, -0.15) is 0 Å². The summed E-state index contributed by atoms with van der Waals surface area (Å²) in [6.45, 7) is 0. The molecule has 44 heavy (non-hydrogen) atoms. The quantitative estimate of drug-likeness (QED) is 0.0815. The number of halogens is 2. The van der Waals surface area contributed by atoms with Gasteiger partial charge in [-0.1, -0.05) is 65.7 Å². The van der Waals surface area contributed by atoms with Gasteiger partial charge >= 0.3 is 0 Å². The van der Waals surface area contributed by atoms with Crippen LogP contribution in [0.5, 0.6) is 5.75 Å². The minimum absolute atomic E-state index is 0.00571. The number of nitrogens with one attached hydrogen (secondary N) is 1. The van der Waals surface area contributed by atoms with Gasteiger partial charge in [-0.3, -0.25) is 4.79 Å². The topological polar surface area (TPSA) is 123 Å². The number of carbonyl (C=O) groups excluding carboxylic acids is 1. The highest BCUT2D eigenvalue weighted by Crippen LogP contribution is 2.22. The van der Waals surface area contributed by atoms with Crippen molar-refractivity contribution < 1.29 is 9.90 Å². The number of hydrogen-bond donors (Lipinski definition) is 2. The lowest BCUT2D eigenvalue weighted by Gasteiger charge is -2.05. The minimum Gasteiger partial charge on any atom is -0.507 e. The van der Waals surface area contributed by atoms with E-state index in [1.807, 2.05) is 30.3 Å². The number of para-hydroxylation sites is 1. The number of amides is 1. The summed E-state index contributed by atoms with van der Waals surface area (Å²) in [5.41, 5.74) is 5.57. The molecule has 216 valence electrons. The number of azo groups is 2. The number of aliphatic imine (C=N–C) groups is 1. The molecule has 0 aliphatic carbocycles. The van der Waals surface area contributed by atoms with Gasteiger partial charge in [0.2, 0.25) is 5.84 Å². The first-order chi connectivity index (χ1) is 21.4. The normalized spacial score (nSPS) is 12.1. The molecule has 5 aromatic carbocycles. The molecule has 0 heterocycles. The predicted octanol–water partition coefficient (Wildman–Crippen LogP) is 9.44. The summed E-state index contributed by atoms with van der Waals surface area (Å²) in [7, 11) is 0. The number of aromatic hydroxyl groups is 1. The maximum absolute atomic E-state index is 13.0. The molecule has 0 fully saturated rings. The maximum atomic E-state index is 13.0. The van der Waals surface area contributed by atoms with Crippen molar-refractivity contribution >= 4 is 57.8 Å². The number of rotatable bonds is 7. The highest BCUT2D eigenvalue weighted by atomic mass is 35.5. The van der Waals surface area contributed by atoms with Gasteiger partial charge in [0.15, 0.2) is 5.84 Å². The van der Waals surface area contributed by atoms with Crippen molar-refractivity contribution in [3.8, 4) is 5.75 Å². The Morgan fingerprint density at radius 1 is 0.568 bits per heavy atom. The predicted molar refractivity (Wildman–Crippen MR) is 173 cm³/mol. The van der Waals surface area contributed by atoms with E-state index >= 15 is 0 Å². The highest BCUT2D eigenvalue weighted by molar-refractivity contribution is 6.30. The van der Waals surface area contributed by atoms with Crippen molar-refractivity contribution in [2.45, 2.75) is 0 Å². The third-order valence-electron chi connectivity index (χ3n) is 5.98. The largest absolute Gasteiger partial charge is 0.507 e. The molecule has 0 aromatic heterocycles. The summed E-state index contributed by atoms with van der Waals surface area (Å²) in [5, 5.41) is 32.6. The first kappa shape index (κ1) is 30.0. The lowest BCUT2D eigenvalue weighted by atomic mass is 10.2. The number of hydrazone groups is 1. The van der Waals surface area contributed by atoms with Crippen LogP contribution in [0.1, 0.15) is 21.5 Å². The Morgan fingerprint density at radius 2 is 1.09 bits per heavy atom. The molecule has 0 aliphatic heterocycles. The molecule has 5 rings (SSSR count). The fraction of sp³-hybridized carbons (Fsp3) is 0. The number of phenols is 1. The summed E-state index contributed by atoms with van der Waals surface area (Å²) >= 11 is 11.9. The second-order valence-corrected chi connectivity index (χ2v) is 9.97. The molecular formula is C33H23Cl2N7O2. The van der Waals surface area contributed by atoms with E-state index in [1.165, 1.54) is 6.07 Å². The summed E-state index contributed by atoms with van der Waals surface area (Å²) in [4.78, 5) is 17.6. The Morgan fingerprint density at radius 3 is 1.68 bits per heavy atom. The van der Waals surface area contributed by atoms with Gasteiger partial charge in [-0.15, -0.1) is 25.6 Å². The molecule has 11 heteroatoms. The molecule has 0 bridgehead atoms. The molecule has 9 nitrogen and oxygen atoms in total. The molecular weight excluding hydrogens is 597 g/mol. The van der Waals surface area contributed by atoms with Gasteiger partial charge in [0.1, 0.15) is 5.75 Å². The number of benzene rings is 5. The van der Waals surface area contributed by atoms with Crippen LogP contribution in [0.25, 0.3) is 0 Å². The molecule has 0 unspecified atom stereocenters. The molecule has 0 radical (unpaired) electrons. The van der Waals surface area contributed by atoms with Gasteiger partial charge in [-0.25, -0.2) is 10.4 Å². The first-order valence-electron chi connectivity index (χ1n) is 13.2. The Labute approximate surface area is 263 Å². The highest BCUT2D eigenvalue weighted by Gasteiger charge is 2.11. The van der Waals surface area contributed by atoms with Crippen LogP contribution in [-0.4, -0.2) is 22.7 Å². The van der Waals surface area contributed by atoms with E-state index in [0.29, 0.717) is 38.5 Å². The Bertz CT molecular complexity index is 1860. The van der Waals surface area contributed by atoms with Crippen molar-refractivity contribution in [2.24, 2.45) is 30.6 Å². The third-order valence-corrected chi connectivity index (χ3v) is 6.48. The summed E-state index contributed by atoms with van der Waals surface area (Å²) in [6, 6.07) is 36.2. The van der Waals surface area contributed by atoms with Crippen molar-refractivity contribution in [3.05, 3.63) is 154 Å². The second kappa shape index (κ2) is 14.6. The molecule has 0 spiro atoms. The number of phenolic OH excluding ortho intramolecular Hbond substituents is 1. The van der Waals surface area contributed by atoms with Crippen LogP contribution in [0, 0.1) is 0 Å². The van der Waals surface area contributed by atoms with Crippen LogP contribution < -0.4 is 5.43 Å². The number of amidine groups is 2. The Hall–Kier alpha value is -5.51. The van der Waals surface area contributed by atoms with Crippen molar-refractivity contribution in [3.63, 3.8) is 0 Å². The van der Waals surface area contributed by atoms with Gasteiger partial charge in [0.05, 0.1) is 22.6 Å². The molecule has 1 amide bonds. The fourth-order valence-corrected chi connectivity index (χ4v) is 3.99. The monoisotopic (exact) mass is 619 g/mol. The number of carbonyl (C=O) groups is 1. The molecule has 0 aliphatic rings. The summed E-state index contributed by atoms with van der Waals surface area (Å²) in [6.07, 6.45) is 0. The van der Waals surface area contributed by atoms with E-state index in [4.69, 9.17) is 23.2 Å². The van der Waals surface area contributed by atoms with Crippen LogP contribution in [0.4, 0.5) is 17.1 Å². The fourth-order valence-electron chi connectivity index (χ4n) is 3.73. The minimum atomic E-state index is -0.499. The van der Waals surface area contributed by atoms with Crippen LogP contribution >= 0.6 is 23.2 Å². The van der Waals surface area contributed by atoms with Crippen molar-refractivity contribution in [2.75, 3.05) is 0 Å². The standard InChI is InChI=1S/C33H23Cl2N7O2/c34-24-12-18-27(19-13-24)37-39-31(22-6-2-1-3-7-22)36-26-16-10-23(11-17-26)33(44)42-41-32(29-8-4-5-9-30(29)43)40-38-28-20-14-25(35)15-21-28/h1-21,43H,(H,42,44)/b36-31?,39-37?,40-38?,41-32-. The second-order valence-electron chi connectivity index (χ2n) is 9.09. The van der Waals surface area contributed by atoms with Gasteiger partial charge in [0, 0.05) is 21.2 Å². The van der Waals surface area contributed by atoms with E-state index in [0.717, 1.165) is 5.56 Å². The lowest BCUT2D eigenvalue weighted by molar-refractivity contribution is 0.0955. The average Bonchev–Trinajstić information content (AvgIpc) is 3.05. The smallest absolute Gasteiger partial charge is 0.271 e. The molecule has 0 atom stereocenters. The van der Waals surface area contributed by atoms with Crippen LogP contribution in [-0.2, 0) is 0 Å². The van der Waals surface area contributed by atoms with Crippen molar-refractivity contribution in [1.29, 1.82) is 0 Å². The van der Waals surface area contributed by atoms with E-state index in [1.54, 1.807) is 91.0 Å². The summed E-state index contributed by atoms with van der Waals surface area (Å²) < 4.78 is 0. The number of hydrogen-bond acceptors (Lipinski definition) is 6. The zero-order valence-corrected chi connectivity index (χ0v) is 24.4. The van der Waals surface area contributed by atoms with E-state index in [9.17, 15) is 9.90 Å².